The number of fused-ring (bicyclic) bond motifs is 1. The second-order valence-corrected chi connectivity index (χ2v) is 10.1. The number of hydrogen-bond donors (Lipinski definition) is 0. The molecule has 0 N–H and O–H groups in total. The van der Waals surface area contributed by atoms with E-state index in [1.807, 2.05) is 23.1 Å². The van der Waals surface area contributed by atoms with Gasteiger partial charge < -0.3 is 4.74 Å². The Bertz CT molecular complexity index is 1510. The summed E-state index contributed by atoms with van der Waals surface area (Å²) in [4.78, 5) is 17.9. The van der Waals surface area contributed by atoms with Crippen LogP contribution >= 0.6 is 11.6 Å². The van der Waals surface area contributed by atoms with Gasteiger partial charge in [-0.2, -0.15) is 5.10 Å². The molecule has 4 heterocycles. The SMILES string of the molecule is Cc1nc2c(-c3ccc(Cl)cc3F)cc([C@H]3CCO[C@@H](c4cnn(C5CC5)c4)C3)cn2c(=O)c1C. The van der Waals surface area contributed by atoms with Crippen molar-refractivity contribution in [3.63, 3.8) is 0 Å². The Morgan fingerprint density at radius 3 is 2.69 bits per heavy atom. The molecular weight excluding hydrogens is 467 g/mol. The third kappa shape index (κ3) is 4.06. The summed E-state index contributed by atoms with van der Waals surface area (Å²) in [6.07, 6.45) is 9.74. The Morgan fingerprint density at radius 1 is 1.09 bits per heavy atom. The number of aryl methyl sites for hydroxylation is 1. The van der Waals surface area contributed by atoms with Gasteiger partial charge in [-0.1, -0.05) is 11.6 Å². The molecule has 2 fully saturated rings. The fourth-order valence-corrected chi connectivity index (χ4v) is 5.13. The van der Waals surface area contributed by atoms with Crippen LogP contribution in [0.4, 0.5) is 4.39 Å². The van der Waals surface area contributed by atoms with Gasteiger partial charge >= 0.3 is 0 Å². The lowest BCUT2D eigenvalue weighted by molar-refractivity contribution is 0.00516. The van der Waals surface area contributed by atoms with E-state index in [4.69, 9.17) is 16.3 Å². The molecule has 0 radical (unpaired) electrons. The maximum atomic E-state index is 15.0. The zero-order valence-electron chi connectivity index (χ0n) is 19.7. The molecular formula is C27H26ClFN4O2. The Labute approximate surface area is 207 Å². The van der Waals surface area contributed by atoms with Crippen LogP contribution in [0.2, 0.25) is 5.02 Å². The van der Waals surface area contributed by atoms with Crippen molar-refractivity contribution in [3.05, 3.63) is 86.4 Å². The van der Waals surface area contributed by atoms with Crippen molar-refractivity contribution in [3.8, 4) is 11.1 Å². The molecule has 8 heteroatoms. The monoisotopic (exact) mass is 492 g/mol. The normalized spacial score (nSPS) is 20.5. The molecule has 1 saturated carbocycles. The van der Waals surface area contributed by atoms with E-state index in [9.17, 15) is 4.79 Å². The standard InChI is InChI=1S/C27H26ClFN4O2/c1-15-16(2)31-26-23(22-6-3-20(28)11-24(22)29)9-18(13-32(26)27(15)34)17-7-8-35-25(10-17)19-12-30-33(14-19)21-4-5-21/h3,6,9,11-14,17,21,25H,4-5,7-8,10H2,1-2H3/t17-,25+/m0/s1. The summed E-state index contributed by atoms with van der Waals surface area (Å²) in [5.41, 5.74) is 4.53. The number of hydrogen-bond acceptors (Lipinski definition) is 4. The van der Waals surface area contributed by atoms with E-state index in [0.717, 1.165) is 24.0 Å². The van der Waals surface area contributed by atoms with E-state index in [-0.39, 0.29) is 17.6 Å². The Kier molecular flexibility index (Phi) is 5.49. The van der Waals surface area contributed by atoms with Gasteiger partial charge in [0, 0.05) is 52.0 Å². The molecule has 0 spiro atoms. The van der Waals surface area contributed by atoms with Crippen LogP contribution in [0.3, 0.4) is 0 Å². The average molecular weight is 493 g/mol. The van der Waals surface area contributed by atoms with Crippen LogP contribution in [0.5, 0.6) is 0 Å². The summed E-state index contributed by atoms with van der Waals surface area (Å²) >= 11 is 6.01. The molecule has 0 amide bonds. The van der Waals surface area contributed by atoms with E-state index < -0.39 is 5.82 Å². The van der Waals surface area contributed by atoms with Gasteiger partial charge in [0.05, 0.1) is 18.3 Å². The van der Waals surface area contributed by atoms with Crippen molar-refractivity contribution in [2.24, 2.45) is 0 Å². The summed E-state index contributed by atoms with van der Waals surface area (Å²) in [6.45, 7) is 4.18. The summed E-state index contributed by atoms with van der Waals surface area (Å²) in [7, 11) is 0. The van der Waals surface area contributed by atoms with Gasteiger partial charge in [-0.05, 0) is 75.3 Å². The van der Waals surface area contributed by atoms with Gasteiger partial charge in [0.2, 0.25) is 0 Å². The second-order valence-electron chi connectivity index (χ2n) is 9.70. The number of benzene rings is 1. The fraction of sp³-hybridized carbons (Fsp3) is 0.370. The van der Waals surface area contributed by atoms with Crippen molar-refractivity contribution in [2.75, 3.05) is 6.61 Å². The zero-order valence-corrected chi connectivity index (χ0v) is 20.4. The molecule has 2 atom stereocenters. The van der Waals surface area contributed by atoms with Crippen molar-refractivity contribution in [2.45, 2.75) is 57.6 Å². The van der Waals surface area contributed by atoms with E-state index in [1.54, 1.807) is 30.4 Å². The molecule has 35 heavy (non-hydrogen) atoms. The Hall–Kier alpha value is -3.03. The van der Waals surface area contributed by atoms with E-state index in [1.165, 1.54) is 18.9 Å². The lowest BCUT2D eigenvalue weighted by Gasteiger charge is -2.30. The maximum Gasteiger partial charge on any atom is 0.261 e. The quantitative estimate of drug-likeness (QED) is 0.354. The van der Waals surface area contributed by atoms with Crippen molar-refractivity contribution >= 4 is 17.2 Å². The minimum absolute atomic E-state index is 0.0673. The lowest BCUT2D eigenvalue weighted by Crippen LogP contribution is -2.23. The minimum atomic E-state index is -0.443. The largest absolute Gasteiger partial charge is 0.373 e. The number of aromatic nitrogens is 4. The number of rotatable bonds is 4. The van der Waals surface area contributed by atoms with Gasteiger partial charge in [-0.25, -0.2) is 9.37 Å². The van der Waals surface area contributed by atoms with E-state index in [0.29, 0.717) is 45.7 Å². The molecule has 6 nitrogen and oxygen atoms in total. The van der Waals surface area contributed by atoms with Gasteiger partial charge in [-0.3, -0.25) is 13.9 Å². The molecule has 0 bridgehead atoms. The fourth-order valence-electron chi connectivity index (χ4n) is 4.97. The third-order valence-corrected chi connectivity index (χ3v) is 7.54. The van der Waals surface area contributed by atoms with E-state index in [2.05, 4.69) is 16.3 Å². The van der Waals surface area contributed by atoms with E-state index >= 15 is 4.39 Å². The van der Waals surface area contributed by atoms with Crippen LogP contribution in [-0.4, -0.2) is 25.8 Å². The summed E-state index contributed by atoms with van der Waals surface area (Å²) in [5, 5.41) is 4.84. The first-order valence-electron chi connectivity index (χ1n) is 12.0. The van der Waals surface area contributed by atoms with Crippen LogP contribution in [-0.2, 0) is 4.74 Å². The number of ether oxygens (including phenoxy) is 1. The van der Waals surface area contributed by atoms with Crippen molar-refractivity contribution in [1.82, 2.24) is 19.2 Å². The molecule has 4 aromatic rings. The zero-order chi connectivity index (χ0) is 24.3. The number of pyridine rings is 1. The third-order valence-electron chi connectivity index (χ3n) is 7.31. The second kappa shape index (κ2) is 8.57. The van der Waals surface area contributed by atoms with Gasteiger partial charge in [0.1, 0.15) is 11.5 Å². The van der Waals surface area contributed by atoms with Crippen LogP contribution in [0.25, 0.3) is 16.8 Å². The van der Waals surface area contributed by atoms with Crippen LogP contribution in [0, 0.1) is 19.7 Å². The first-order chi connectivity index (χ1) is 16.9. The average Bonchev–Trinajstić information content (AvgIpc) is 3.59. The predicted octanol–water partition coefficient (Wildman–Crippen LogP) is 5.94. The van der Waals surface area contributed by atoms with Crippen molar-refractivity contribution in [1.29, 1.82) is 0 Å². The number of halogens is 2. The highest BCUT2D eigenvalue weighted by Crippen LogP contribution is 2.41. The molecule has 1 aliphatic carbocycles. The highest BCUT2D eigenvalue weighted by molar-refractivity contribution is 6.30. The first kappa shape index (κ1) is 22.4. The molecule has 2 aliphatic rings. The smallest absolute Gasteiger partial charge is 0.261 e. The molecule has 1 aliphatic heterocycles. The van der Waals surface area contributed by atoms with Gasteiger partial charge in [0.15, 0.2) is 0 Å². The minimum Gasteiger partial charge on any atom is -0.373 e. The summed E-state index contributed by atoms with van der Waals surface area (Å²) in [5.74, 6) is -0.300. The van der Waals surface area contributed by atoms with Crippen molar-refractivity contribution < 1.29 is 9.13 Å². The topological polar surface area (TPSA) is 61.4 Å². The van der Waals surface area contributed by atoms with Crippen LogP contribution in [0.1, 0.15) is 66.1 Å². The maximum absolute atomic E-state index is 15.0. The molecule has 1 saturated heterocycles. The molecule has 180 valence electrons. The highest BCUT2D eigenvalue weighted by Gasteiger charge is 2.30. The first-order valence-corrected chi connectivity index (χ1v) is 12.4. The Morgan fingerprint density at radius 2 is 1.91 bits per heavy atom. The molecule has 1 aromatic carbocycles. The summed E-state index contributed by atoms with van der Waals surface area (Å²) in [6, 6.07) is 7.10. The lowest BCUT2D eigenvalue weighted by atomic mass is 9.86. The summed E-state index contributed by atoms with van der Waals surface area (Å²) < 4.78 is 24.8. The van der Waals surface area contributed by atoms with Crippen LogP contribution in [0.15, 0.2) is 47.7 Å². The molecule has 6 rings (SSSR count). The van der Waals surface area contributed by atoms with Gasteiger partial charge in [0.25, 0.3) is 5.56 Å². The number of nitrogens with zero attached hydrogens (tertiary/aromatic N) is 4. The van der Waals surface area contributed by atoms with Gasteiger partial charge in [-0.15, -0.1) is 0 Å². The molecule has 3 aromatic heterocycles. The van der Waals surface area contributed by atoms with Crippen LogP contribution < -0.4 is 5.56 Å². The predicted molar refractivity (Wildman–Crippen MR) is 133 cm³/mol. The Balaban J connectivity index is 1.45. The molecule has 0 unspecified atom stereocenters. The highest BCUT2D eigenvalue weighted by atomic mass is 35.5.